The van der Waals surface area contributed by atoms with Crippen LogP contribution in [-0.2, 0) is 18.3 Å². The molecule has 1 atom stereocenters. The average molecular weight is 331 g/mol. The van der Waals surface area contributed by atoms with Gasteiger partial charge >= 0.3 is 0 Å². The lowest BCUT2D eigenvalue weighted by Gasteiger charge is -2.32. The second kappa shape index (κ2) is 6.09. The van der Waals surface area contributed by atoms with Crippen LogP contribution in [0.5, 0.6) is 0 Å². The number of ether oxygens (including phenoxy) is 1. The minimum atomic E-state index is 0.100. The molecule has 2 aromatic heterocycles. The number of hydrogen-bond donors (Lipinski definition) is 0. The van der Waals surface area contributed by atoms with Gasteiger partial charge in [0.25, 0.3) is 5.91 Å². The lowest BCUT2D eigenvalue weighted by molar-refractivity contribution is 0.0622. The predicted octanol–water partition coefficient (Wildman–Crippen LogP) is 2.65. The van der Waals surface area contributed by atoms with Crippen molar-refractivity contribution in [2.75, 3.05) is 19.8 Å². The monoisotopic (exact) mass is 331 g/mol. The van der Waals surface area contributed by atoms with Gasteiger partial charge in [0, 0.05) is 31.8 Å². The van der Waals surface area contributed by atoms with E-state index in [1.54, 1.807) is 0 Å². The van der Waals surface area contributed by atoms with Gasteiger partial charge in [0.2, 0.25) is 0 Å². The highest BCUT2D eigenvalue weighted by Crippen LogP contribution is 2.32. The van der Waals surface area contributed by atoms with Crippen molar-refractivity contribution >= 4 is 17.2 Å². The summed E-state index contributed by atoms with van der Waals surface area (Å²) in [5, 5.41) is 1.94. The third-order valence-corrected chi connectivity index (χ3v) is 5.48. The number of carbonyl (C=O) groups excluding carboxylic acids is 1. The summed E-state index contributed by atoms with van der Waals surface area (Å²) in [4.78, 5) is 19.9. The van der Waals surface area contributed by atoms with Crippen LogP contribution >= 0.6 is 11.3 Å². The van der Waals surface area contributed by atoms with Crippen LogP contribution in [0.4, 0.5) is 0 Å². The molecule has 1 amide bonds. The van der Waals surface area contributed by atoms with E-state index in [2.05, 4.69) is 9.55 Å². The predicted molar refractivity (Wildman–Crippen MR) is 88.6 cm³/mol. The molecule has 0 saturated heterocycles. The highest BCUT2D eigenvalue weighted by molar-refractivity contribution is 7.12. The Labute approximate surface area is 139 Å². The molecule has 1 fully saturated rings. The minimum Gasteiger partial charge on any atom is -0.380 e. The van der Waals surface area contributed by atoms with Gasteiger partial charge in [0.15, 0.2) is 0 Å². The fourth-order valence-corrected chi connectivity index (χ4v) is 3.93. The molecule has 1 aliphatic heterocycles. The Balaban J connectivity index is 1.51. The summed E-state index contributed by atoms with van der Waals surface area (Å²) in [7, 11) is 2.02. The van der Waals surface area contributed by atoms with E-state index < -0.39 is 0 Å². The maximum atomic E-state index is 12.7. The molecule has 1 aliphatic carbocycles. The van der Waals surface area contributed by atoms with Gasteiger partial charge in [-0.05, 0) is 30.2 Å². The zero-order chi connectivity index (χ0) is 15.8. The Morgan fingerprint density at radius 1 is 1.43 bits per heavy atom. The van der Waals surface area contributed by atoms with Crippen LogP contribution in [0.1, 0.15) is 39.8 Å². The first kappa shape index (κ1) is 14.9. The summed E-state index contributed by atoms with van der Waals surface area (Å²) in [5.41, 5.74) is 2.22. The topological polar surface area (TPSA) is 47.4 Å². The SMILES string of the molecule is Cn1cnc2c1[C@@H](COCC1CC1)CN(C(=O)c1cccs1)C2. The van der Waals surface area contributed by atoms with Gasteiger partial charge in [-0.25, -0.2) is 4.98 Å². The summed E-state index contributed by atoms with van der Waals surface area (Å²) < 4.78 is 8.00. The number of nitrogens with zero attached hydrogens (tertiary/aromatic N) is 3. The number of aromatic nitrogens is 2. The van der Waals surface area contributed by atoms with Crippen LogP contribution < -0.4 is 0 Å². The molecule has 0 aromatic carbocycles. The van der Waals surface area contributed by atoms with Crippen molar-refractivity contribution in [1.29, 1.82) is 0 Å². The molecule has 0 N–H and O–H groups in total. The number of thiophene rings is 1. The number of carbonyl (C=O) groups is 1. The quantitative estimate of drug-likeness (QED) is 0.846. The standard InChI is InChI=1S/C17H21N3O2S/c1-19-11-18-14-8-20(17(21)15-3-2-6-23-15)7-13(16(14)19)10-22-9-12-4-5-12/h2-3,6,11-13H,4-5,7-10H2,1H3/t13-/m1/s1. The van der Waals surface area contributed by atoms with E-state index >= 15 is 0 Å². The first-order valence-electron chi connectivity index (χ1n) is 8.13. The van der Waals surface area contributed by atoms with E-state index in [1.165, 1.54) is 29.9 Å². The van der Waals surface area contributed by atoms with Crippen molar-refractivity contribution < 1.29 is 9.53 Å². The minimum absolute atomic E-state index is 0.100. The summed E-state index contributed by atoms with van der Waals surface area (Å²) in [6, 6.07) is 3.81. The maximum Gasteiger partial charge on any atom is 0.264 e. The van der Waals surface area contributed by atoms with Crippen molar-refractivity contribution in [1.82, 2.24) is 14.5 Å². The smallest absolute Gasteiger partial charge is 0.264 e. The van der Waals surface area contributed by atoms with E-state index in [4.69, 9.17) is 4.74 Å². The molecular formula is C17H21N3O2S. The van der Waals surface area contributed by atoms with E-state index in [0.29, 0.717) is 19.7 Å². The number of aryl methyl sites for hydroxylation is 1. The van der Waals surface area contributed by atoms with Crippen molar-refractivity contribution in [3.63, 3.8) is 0 Å². The summed E-state index contributed by atoms with van der Waals surface area (Å²) in [5.74, 6) is 1.06. The fraction of sp³-hybridized carbons (Fsp3) is 0.529. The molecule has 0 radical (unpaired) electrons. The largest absolute Gasteiger partial charge is 0.380 e. The maximum absolute atomic E-state index is 12.7. The lowest BCUT2D eigenvalue weighted by Crippen LogP contribution is -2.40. The Morgan fingerprint density at radius 3 is 3.04 bits per heavy atom. The Hall–Kier alpha value is -1.66. The molecule has 0 spiro atoms. The zero-order valence-electron chi connectivity index (χ0n) is 13.3. The van der Waals surface area contributed by atoms with E-state index in [0.717, 1.165) is 23.1 Å². The fourth-order valence-electron chi connectivity index (χ4n) is 3.24. The number of imidazole rings is 1. The second-order valence-electron chi connectivity index (χ2n) is 6.53. The molecule has 2 aromatic rings. The molecule has 3 heterocycles. The van der Waals surface area contributed by atoms with Crippen LogP contribution in [0.3, 0.4) is 0 Å². The highest BCUT2D eigenvalue weighted by atomic mass is 32.1. The zero-order valence-corrected chi connectivity index (χ0v) is 14.1. The molecule has 1 saturated carbocycles. The van der Waals surface area contributed by atoms with Gasteiger partial charge in [-0.3, -0.25) is 4.79 Å². The summed E-state index contributed by atoms with van der Waals surface area (Å²) >= 11 is 1.49. The Morgan fingerprint density at radius 2 is 2.30 bits per heavy atom. The van der Waals surface area contributed by atoms with Gasteiger partial charge in [0.1, 0.15) is 0 Å². The van der Waals surface area contributed by atoms with Gasteiger partial charge in [-0.2, -0.15) is 0 Å². The van der Waals surface area contributed by atoms with Gasteiger partial charge in [-0.1, -0.05) is 6.07 Å². The van der Waals surface area contributed by atoms with Crippen molar-refractivity contribution in [2.45, 2.75) is 25.3 Å². The number of amides is 1. The first-order chi connectivity index (χ1) is 11.2. The normalized spacial score (nSPS) is 20.6. The van der Waals surface area contributed by atoms with E-state index in [9.17, 15) is 4.79 Å². The van der Waals surface area contributed by atoms with E-state index in [1.807, 2.05) is 35.8 Å². The van der Waals surface area contributed by atoms with Crippen LogP contribution in [0.15, 0.2) is 23.8 Å². The molecule has 2 aliphatic rings. The Bertz CT molecular complexity index is 691. The van der Waals surface area contributed by atoms with Crippen LogP contribution in [-0.4, -0.2) is 40.1 Å². The Kier molecular flexibility index (Phi) is 3.95. The number of hydrogen-bond acceptors (Lipinski definition) is 4. The van der Waals surface area contributed by atoms with Crippen LogP contribution in [0.25, 0.3) is 0 Å². The van der Waals surface area contributed by atoms with Crippen LogP contribution in [0, 0.1) is 5.92 Å². The molecule has 4 rings (SSSR count). The van der Waals surface area contributed by atoms with Gasteiger partial charge in [0.05, 0.1) is 30.1 Å². The first-order valence-corrected chi connectivity index (χ1v) is 9.01. The number of fused-ring (bicyclic) bond motifs is 1. The lowest BCUT2D eigenvalue weighted by atomic mass is 9.98. The van der Waals surface area contributed by atoms with Crippen molar-refractivity contribution in [2.24, 2.45) is 13.0 Å². The molecule has 0 unspecified atom stereocenters. The third kappa shape index (κ3) is 3.05. The summed E-state index contributed by atoms with van der Waals surface area (Å²) in [6.07, 6.45) is 4.44. The molecular weight excluding hydrogens is 310 g/mol. The molecule has 23 heavy (non-hydrogen) atoms. The van der Waals surface area contributed by atoms with Gasteiger partial charge < -0.3 is 14.2 Å². The van der Waals surface area contributed by atoms with Crippen LogP contribution in [0.2, 0.25) is 0 Å². The van der Waals surface area contributed by atoms with E-state index in [-0.39, 0.29) is 11.8 Å². The van der Waals surface area contributed by atoms with Gasteiger partial charge in [-0.15, -0.1) is 11.3 Å². The highest BCUT2D eigenvalue weighted by Gasteiger charge is 2.32. The average Bonchev–Trinajstić information content (AvgIpc) is 3.07. The van der Waals surface area contributed by atoms with Crippen molar-refractivity contribution in [3.05, 3.63) is 40.1 Å². The molecule has 5 nitrogen and oxygen atoms in total. The number of rotatable bonds is 5. The second-order valence-corrected chi connectivity index (χ2v) is 7.48. The summed E-state index contributed by atoms with van der Waals surface area (Å²) in [6.45, 7) is 2.81. The molecule has 6 heteroatoms. The van der Waals surface area contributed by atoms with Crippen molar-refractivity contribution in [3.8, 4) is 0 Å². The molecule has 0 bridgehead atoms. The molecule has 122 valence electrons. The third-order valence-electron chi connectivity index (χ3n) is 4.62.